The summed E-state index contributed by atoms with van der Waals surface area (Å²) in [5.74, 6) is -0.398. The Bertz CT molecular complexity index is 443. The number of halogens is 1. The number of hydrogen-bond donors (Lipinski definition) is 0. The van der Waals surface area contributed by atoms with Gasteiger partial charge in [0.25, 0.3) is 0 Å². The topological polar surface area (TPSA) is 61.8 Å². The SMILES string of the molecule is CCOC(=O)CC(C)OC(=O)OCc1ccc(I)cc1. The lowest BCUT2D eigenvalue weighted by atomic mass is 10.2. The van der Waals surface area contributed by atoms with Gasteiger partial charge < -0.3 is 14.2 Å². The first-order valence-electron chi connectivity index (χ1n) is 6.24. The molecule has 0 saturated carbocycles. The number of carbonyl (C=O) groups excluding carboxylic acids is 2. The van der Waals surface area contributed by atoms with Crippen molar-refractivity contribution in [3.05, 3.63) is 33.4 Å². The van der Waals surface area contributed by atoms with Gasteiger partial charge in [-0.1, -0.05) is 12.1 Å². The van der Waals surface area contributed by atoms with Crippen LogP contribution < -0.4 is 0 Å². The van der Waals surface area contributed by atoms with Gasteiger partial charge in [0.1, 0.15) is 12.7 Å². The van der Waals surface area contributed by atoms with Crippen molar-refractivity contribution >= 4 is 34.7 Å². The van der Waals surface area contributed by atoms with E-state index in [-0.39, 0.29) is 13.0 Å². The summed E-state index contributed by atoms with van der Waals surface area (Å²) in [6.45, 7) is 3.78. The van der Waals surface area contributed by atoms with E-state index in [4.69, 9.17) is 14.2 Å². The first-order valence-corrected chi connectivity index (χ1v) is 7.32. The summed E-state index contributed by atoms with van der Waals surface area (Å²) in [5.41, 5.74) is 0.875. The number of benzene rings is 1. The molecule has 20 heavy (non-hydrogen) atoms. The summed E-state index contributed by atoms with van der Waals surface area (Å²) in [6.07, 6.45) is -1.34. The van der Waals surface area contributed by atoms with Crippen LogP contribution in [0.5, 0.6) is 0 Å². The number of ether oxygens (including phenoxy) is 3. The van der Waals surface area contributed by atoms with Crippen LogP contribution in [0.1, 0.15) is 25.8 Å². The van der Waals surface area contributed by atoms with Crippen molar-refractivity contribution in [3.8, 4) is 0 Å². The first kappa shape index (κ1) is 16.7. The van der Waals surface area contributed by atoms with Crippen molar-refractivity contribution < 1.29 is 23.8 Å². The van der Waals surface area contributed by atoms with Crippen molar-refractivity contribution in [2.45, 2.75) is 33.0 Å². The summed E-state index contributed by atoms with van der Waals surface area (Å²) in [6, 6.07) is 7.59. The molecule has 0 aliphatic heterocycles. The molecule has 1 aromatic carbocycles. The van der Waals surface area contributed by atoms with Crippen LogP contribution in [-0.4, -0.2) is 24.8 Å². The third-order valence-corrected chi connectivity index (χ3v) is 3.05. The Labute approximate surface area is 131 Å². The molecule has 5 nitrogen and oxygen atoms in total. The van der Waals surface area contributed by atoms with Gasteiger partial charge in [-0.15, -0.1) is 0 Å². The predicted octanol–water partition coefficient (Wildman–Crippen LogP) is 3.29. The molecule has 1 aromatic rings. The van der Waals surface area contributed by atoms with E-state index in [0.717, 1.165) is 9.13 Å². The summed E-state index contributed by atoms with van der Waals surface area (Å²) in [7, 11) is 0. The maximum absolute atomic E-state index is 11.4. The second kappa shape index (κ2) is 8.78. The lowest BCUT2D eigenvalue weighted by Gasteiger charge is -2.12. The summed E-state index contributed by atoms with van der Waals surface area (Å²) >= 11 is 2.20. The summed E-state index contributed by atoms with van der Waals surface area (Å²) in [4.78, 5) is 22.6. The first-order chi connectivity index (χ1) is 9.51. The van der Waals surface area contributed by atoms with E-state index in [9.17, 15) is 9.59 Å². The number of hydrogen-bond acceptors (Lipinski definition) is 5. The zero-order valence-electron chi connectivity index (χ0n) is 11.4. The molecule has 1 atom stereocenters. The molecule has 0 saturated heterocycles. The summed E-state index contributed by atoms with van der Waals surface area (Å²) < 4.78 is 15.8. The molecule has 0 heterocycles. The fourth-order valence-electron chi connectivity index (χ4n) is 1.42. The van der Waals surface area contributed by atoms with Gasteiger partial charge in [-0.2, -0.15) is 0 Å². The monoisotopic (exact) mass is 392 g/mol. The third-order valence-electron chi connectivity index (χ3n) is 2.33. The zero-order chi connectivity index (χ0) is 15.0. The van der Waals surface area contributed by atoms with Crippen LogP contribution in [0, 0.1) is 3.57 Å². The van der Waals surface area contributed by atoms with Crippen molar-refractivity contribution in [1.29, 1.82) is 0 Å². The van der Waals surface area contributed by atoms with Crippen LogP contribution in [0.2, 0.25) is 0 Å². The molecule has 0 aromatic heterocycles. The van der Waals surface area contributed by atoms with E-state index in [1.807, 2.05) is 24.3 Å². The van der Waals surface area contributed by atoms with E-state index in [1.165, 1.54) is 0 Å². The second-order valence-corrected chi connectivity index (χ2v) is 5.35. The maximum atomic E-state index is 11.4. The smallest absolute Gasteiger partial charge is 0.466 e. The highest BCUT2D eigenvalue weighted by Gasteiger charge is 2.15. The molecule has 0 aliphatic carbocycles. The molecule has 0 fully saturated rings. The highest BCUT2D eigenvalue weighted by atomic mass is 127. The highest BCUT2D eigenvalue weighted by molar-refractivity contribution is 14.1. The lowest BCUT2D eigenvalue weighted by molar-refractivity contribution is -0.145. The van der Waals surface area contributed by atoms with Gasteiger partial charge >= 0.3 is 12.1 Å². The molecule has 1 unspecified atom stereocenters. The Balaban J connectivity index is 2.29. The minimum absolute atomic E-state index is 0.0203. The largest absolute Gasteiger partial charge is 0.508 e. The van der Waals surface area contributed by atoms with E-state index in [2.05, 4.69) is 22.6 Å². The standard InChI is InChI=1S/C14H17IO5/c1-3-18-13(16)8-10(2)20-14(17)19-9-11-4-6-12(15)7-5-11/h4-7,10H,3,8-9H2,1-2H3. The maximum Gasteiger partial charge on any atom is 0.508 e. The van der Waals surface area contributed by atoms with Gasteiger partial charge in [-0.25, -0.2) is 4.79 Å². The van der Waals surface area contributed by atoms with Gasteiger partial charge in [0.2, 0.25) is 0 Å². The molecule has 0 aliphatic rings. The average Bonchev–Trinajstić information content (AvgIpc) is 2.38. The number of rotatable bonds is 6. The molecule has 6 heteroatoms. The summed E-state index contributed by atoms with van der Waals surface area (Å²) in [5, 5.41) is 0. The van der Waals surface area contributed by atoms with Crippen LogP contribution in [0.4, 0.5) is 4.79 Å². The van der Waals surface area contributed by atoms with Crippen LogP contribution in [0.3, 0.4) is 0 Å². The van der Waals surface area contributed by atoms with E-state index < -0.39 is 18.2 Å². The molecule has 110 valence electrons. The van der Waals surface area contributed by atoms with Crippen molar-refractivity contribution in [2.24, 2.45) is 0 Å². The minimum Gasteiger partial charge on any atom is -0.466 e. The van der Waals surface area contributed by atoms with Gasteiger partial charge in [0.15, 0.2) is 0 Å². The van der Waals surface area contributed by atoms with Gasteiger partial charge in [0.05, 0.1) is 13.0 Å². The fraction of sp³-hybridized carbons (Fsp3) is 0.429. The Morgan fingerprint density at radius 3 is 2.45 bits per heavy atom. The molecular weight excluding hydrogens is 375 g/mol. The minimum atomic E-state index is -0.791. The predicted molar refractivity (Wildman–Crippen MR) is 81.1 cm³/mol. The van der Waals surface area contributed by atoms with Gasteiger partial charge in [0, 0.05) is 3.57 Å². The Morgan fingerprint density at radius 2 is 1.85 bits per heavy atom. The third kappa shape index (κ3) is 6.74. The van der Waals surface area contributed by atoms with Crippen LogP contribution in [0.15, 0.2) is 24.3 Å². The Kier molecular flexibility index (Phi) is 7.35. The van der Waals surface area contributed by atoms with Crippen LogP contribution in [0.25, 0.3) is 0 Å². The molecule has 1 rings (SSSR count). The molecule has 0 radical (unpaired) electrons. The van der Waals surface area contributed by atoms with E-state index in [0.29, 0.717) is 6.61 Å². The van der Waals surface area contributed by atoms with E-state index >= 15 is 0 Å². The second-order valence-electron chi connectivity index (χ2n) is 4.10. The number of carbonyl (C=O) groups is 2. The normalized spacial score (nSPS) is 11.6. The van der Waals surface area contributed by atoms with Gasteiger partial charge in [-0.05, 0) is 54.1 Å². The van der Waals surface area contributed by atoms with E-state index in [1.54, 1.807) is 13.8 Å². The van der Waals surface area contributed by atoms with Crippen LogP contribution in [-0.2, 0) is 25.6 Å². The van der Waals surface area contributed by atoms with Crippen molar-refractivity contribution in [2.75, 3.05) is 6.61 Å². The Hall–Kier alpha value is -1.31. The molecule has 0 amide bonds. The zero-order valence-corrected chi connectivity index (χ0v) is 13.6. The quantitative estimate of drug-likeness (QED) is 0.549. The van der Waals surface area contributed by atoms with Crippen molar-refractivity contribution in [3.63, 3.8) is 0 Å². The molecule has 0 spiro atoms. The lowest BCUT2D eigenvalue weighted by Crippen LogP contribution is -2.20. The van der Waals surface area contributed by atoms with Gasteiger partial charge in [-0.3, -0.25) is 4.79 Å². The average molecular weight is 392 g/mol. The van der Waals surface area contributed by atoms with Crippen molar-refractivity contribution in [1.82, 2.24) is 0 Å². The van der Waals surface area contributed by atoms with Crippen LogP contribution >= 0.6 is 22.6 Å². The molecule has 0 N–H and O–H groups in total. The Morgan fingerprint density at radius 1 is 1.20 bits per heavy atom. The molecule has 0 bridgehead atoms. The fourth-order valence-corrected chi connectivity index (χ4v) is 1.78. The molecular formula is C14H17IO5. The number of esters is 1. The highest BCUT2D eigenvalue weighted by Crippen LogP contribution is 2.09.